The normalized spacial score (nSPS) is 12.3. The lowest BCUT2D eigenvalue weighted by Crippen LogP contribution is -2.46. The fraction of sp³-hybridized carbons (Fsp3) is 0.333. The SMILES string of the molecule is O=C(NCC(F)(F)c1cccc[n+]1[O-])C(F)(F)F. The Morgan fingerprint density at radius 3 is 2.39 bits per heavy atom. The Morgan fingerprint density at radius 2 is 1.89 bits per heavy atom. The van der Waals surface area contributed by atoms with Gasteiger partial charge in [-0.3, -0.25) is 4.79 Å². The van der Waals surface area contributed by atoms with E-state index in [1.165, 1.54) is 6.07 Å². The zero-order chi connectivity index (χ0) is 14.0. The van der Waals surface area contributed by atoms with Gasteiger partial charge in [-0.15, -0.1) is 0 Å². The molecule has 0 radical (unpaired) electrons. The third kappa shape index (κ3) is 3.28. The third-order valence-electron chi connectivity index (χ3n) is 1.93. The summed E-state index contributed by atoms with van der Waals surface area (Å²) < 4.78 is 61.9. The van der Waals surface area contributed by atoms with Crippen molar-refractivity contribution < 1.29 is 31.5 Å². The van der Waals surface area contributed by atoms with E-state index < -0.39 is 30.2 Å². The molecular formula is C9H7F5N2O2. The minimum atomic E-state index is -5.25. The van der Waals surface area contributed by atoms with Gasteiger partial charge in [-0.2, -0.15) is 26.7 Å². The minimum Gasteiger partial charge on any atom is -0.618 e. The van der Waals surface area contributed by atoms with Crippen LogP contribution in [-0.2, 0) is 10.7 Å². The first-order chi connectivity index (χ1) is 8.14. The number of carbonyl (C=O) groups is 1. The molecule has 1 heterocycles. The van der Waals surface area contributed by atoms with E-state index in [1.54, 1.807) is 0 Å². The number of carbonyl (C=O) groups excluding carboxylic acids is 1. The third-order valence-corrected chi connectivity index (χ3v) is 1.93. The van der Waals surface area contributed by atoms with Gasteiger partial charge in [0.1, 0.15) is 0 Å². The van der Waals surface area contributed by atoms with Gasteiger partial charge in [0.05, 0.1) is 6.54 Å². The number of rotatable bonds is 3. The molecule has 1 aromatic heterocycles. The first kappa shape index (κ1) is 14.1. The van der Waals surface area contributed by atoms with Crippen LogP contribution in [0.4, 0.5) is 22.0 Å². The van der Waals surface area contributed by atoms with Gasteiger partial charge in [-0.1, -0.05) is 0 Å². The molecule has 0 fully saturated rings. The van der Waals surface area contributed by atoms with Crippen LogP contribution in [0, 0.1) is 5.21 Å². The van der Waals surface area contributed by atoms with Crippen LogP contribution in [-0.4, -0.2) is 18.6 Å². The van der Waals surface area contributed by atoms with E-state index in [-0.39, 0.29) is 4.73 Å². The molecule has 0 aliphatic carbocycles. The van der Waals surface area contributed by atoms with E-state index in [2.05, 4.69) is 0 Å². The molecule has 1 N–H and O–H groups in total. The van der Waals surface area contributed by atoms with Crippen molar-refractivity contribution in [3.63, 3.8) is 0 Å². The molecule has 18 heavy (non-hydrogen) atoms. The Hall–Kier alpha value is -1.93. The van der Waals surface area contributed by atoms with Gasteiger partial charge >= 0.3 is 18.0 Å². The summed E-state index contributed by atoms with van der Waals surface area (Å²) in [4.78, 5) is 10.4. The number of nitrogens with zero attached hydrogens (tertiary/aromatic N) is 1. The molecule has 0 aromatic carbocycles. The van der Waals surface area contributed by atoms with Gasteiger partial charge in [0.15, 0.2) is 6.20 Å². The summed E-state index contributed by atoms with van der Waals surface area (Å²) in [6.45, 7) is -1.61. The summed E-state index contributed by atoms with van der Waals surface area (Å²) in [6, 6.07) is 3.07. The van der Waals surface area contributed by atoms with E-state index in [0.29, 0.717) is 0 Å². The van der Waals surface area contributed by atoms with E-state index in [0.717, 1.165) is 23.6 Å². The maximum atomic E-state index is 13.4. The molecule has 4 nitrogen and oxygen atoms in total. The molecule has 0 bridgehead atoms. The molecule has 9 heteroatoms. The number of alkyl halides is 5. The summed E-state index contributed by atoms with van der Waals surface area (Å²) in [5, 5.41) is 12.0. The minimum absolute atomic E-state index is 0.181. The molecule has 1 amide bonds. The van der Waals surface area contributed by atoms with Gasteiger partial charge < -0.3 is 10.5 Å². The number of amides is 1. The molecule has 1 rings (SSSR count). The molecule has 0 saturated carbocycles. The van der Waals surface area contributed by atoms with Gasteiger partial charge in [0, 0.05) is 12.1 Å². The molecule has 100 valence electrons. The first-order valence-electron chi connectivity index (χ1n) is 4.56. The predicted octanol–water partition coefficient (Wildman–Crippen LogP) is 1.09. The van der Waals surface area contributed by atoms with E-state index in [9.17, 15) is 32.0 Å². The first-order valence-corrected chi connectivity index (χ1v) is 4.56. The molecular weight excluding hydrogens is 263 g/mol. The van der Waals surface area contributed by atoms with Crippen molar-refractivity contribution in [1.82, 2.24) is 5.32 Å². The summed E-state index contributed by atoms with van der Waals surface area (Å²) in [5.74, 6) is -6.39. The van der Waals surface area contributed by atoms with Crippen LogP contribution in [0.1, 0.15) is 5.69 Å². The van der Waals surface area contributed by atoms with Crippen molar-refractivity contribution in [2.45, 2.75) is 12.1 Å². The molecule has 0 saturated heterocycles. The van der Waals surface area contributed by atoms with Crippen LogP contribution in [0.25, 0.3) is 0 Å². The van der Waals surface area contributed by atoms with Crippen molar-refractivity contribution in [2.75, 3.05) is 6.54 Å². The standard InChI is InChI=1S/C9H7F5N2O2/c10-8(11,5-15-7(17)9(12,13)14)6-3-1-2-4-16(6)18/h1-4H,5H2,(H,15,17). The predicted molar refractivity (Wildman–Crippen MR) is 48.4 cm³/mol. The highest BCUT2D eigenvalue weighted by Gasteiger charge is 2.44. The maximum absolute atomic E-state index is 13.4. The van der Waals surface area contributed by atoms with Gasteiger partial charge in [0.25, 0.3) is 5.69 Å². The average Bonchev–Trinajstić information content (AvgIpc) is 2.25. The Bertz CT molecular complexity index is 447. The topological polar surface area (TPSA) is 56.0 Å². The Kier molecular flexibility index (Phi) is 3.73. The number of nitrogens with one attached hydrogen (secondary N) is 1. The van der Waals surface area contributed by atoms with Crippen molar-refractivity contribution in [2.24, 2.45) is 0 Å². The van der Waals surface area contributed by atoms with Crippen LogP contribution < -0.4 is 10.0 Å². The molecule has 0 aliphatic rings. The lowest BCUT2D eigenvalue weighted by atomic mass is 10.2. The monoisotopic (exact) mass is 270 g/mol. The number of halogens is 5. The zero-order valence-electron chi connectivity index (χ0n) is 8.67. The van der Waals surface area contributed by atoms with Crippen molar-refractivity contribution >= 4 is 5.91 Å². The highest BCUT2D eigenvalue weighted by atomic mass is 19.4. The summed E-state index contributed by atoms with van der Waals surface area (Å²) in [6.07, 6.45) is -4.48. The van der Waals surface area contributed by atoms with Crippen molar-refractivity contribution in [3.8, 4) is 0 Å². The van der Waals surface area contributed by atoms with Crippen molar-refractivity contribution in [3.05, 3.63) is 35.3 Å². The number of pyridine rings is 1. The fourth-order valence-corrected chi connectivity index (χ4v) is 1.09. The summed E-state index contributed by atoms with van der Waals surface area (Å²) >= 11 is 0. The highest BCUT2D eigenvalue weighted by Crippen LogP contribution is 2.24. The highest BCUT2D eigenvalue weighted by molar-refractivity contribution is 5.81. The molecule has 0 unspecified atom stereocenters. The molecule has 0 atom stereocenters. The number of aromatic nitrogens is 1. The number of hydrogen-bond acceptors (Lipinski definition) is 2. The molecule has 0 spiro atoms. The van der Waals surface area contributed by atoms with E-state index >= 15 is 0 Å². The average molecular weight is 270 g/mol. The lowest BCUT2D eigenvalue weighted by molar-refractivity contribution is -0.624. The second-order valence-corrected chi connectivity index (χ2v) is 3.30. The van der Waals surface area contributed by atoms with Crippen LogP contribution in [0.5, 0.6) is 0 Å². The summed E-state index contributed by atoms with van der Waals surface area (Å²) in [7, 11) is 0. The van der Waals surface area contributed by atoms with Gasteiger partial charge in [-0.25, -0.2) is 0 Å². The van der Waals surface area contributed by atoms with Crippen LogP contribution in [0.2, 0.25) is 0 Å². The van der Waals surface area contributed by atoms with Crippen LogP contribution in [0.15, 0.2) is 24.4 Å². The quantitative estimate of drug-likeness (QED) is 0.508. The molecule has 0 aliphatic heterocycles. The Labute approximate surface area is 97.6 Å². The maximum Gasteiger partial charge on any atom is 0.471 e. The molecule has 1 aromatic rings. The fourth-order valence-electron chi connectivity index (χ4n) is 1.09. The summed E-state index contributed by atoms with van der Waals surface area (Å²) in [5.41, 5.74) is -1.05. The zero-order valence-corrected chi connectivity index (χ0v) is 8.67. The Morgan fingerprint density at radius 1 is 1.28 bits per heavy atom. The lowest BCUT2D eigenvalue weighted by Gasteiger charge is -2.16. The Balaban J connectivity index is 2.78. The van der Waals surface area contributed by atoms with Crippen molar-refractivity contribution in [1.29, 1.82) is 0 Å². The van der Waals surface area contributed by atoms with Crippen LogP contribution in [0.3, 0.4) is 0 Å². The smallest absolute Gasteiger partial charge is 0.471 e. The second kappa shape index (κ2) is 4.75. The number of hydrogen-bond donors (Lipinski definition) is 1. The van der Waals surface area contributed by atoms with Gasteiger partial charge in [-0.05, 0) is 6.07 Å². The van der Waals surface area contributed by atoms with E-state index in [1.807, 2.05) is 0 Å². The van der Waals surface area contributed by atoms with E-state index in [4.69, 9.17) is 0 Å². The van der Waals surface area contributed by atoms with Gasteiger partial charge in [0.2, 0.25) is 0 Å². The van der Waals surface area contributed by atoms with Crippen LogP contribution >= 0.6 is 0 Å². The second-order valence-electron chi connectivity index (χ2n) is 3.30. The largest absolute Gasteiger partial charge is 0.618 e.